The van der Waals surface area contributed by atoms with Crippen LogP contribution in [0.5, 0.6) is 5.75 Å². The van der Waals surface area contributed by atoms with Crippen molar-refractivity contribution in [1.82, 2.24) is 0 Å². The summed E-state index contributed by atoms with van der Waals surface area (Å²) in [5, 5.41) is 2.53. The van der Waals surface area contributed by atoms with E-state index in [1.54, 1.807) is 12.1 Å². The van der Waals surface area contributed by atoms with Gasteiger partial charge in [-0.2, -0.15) is 8.78 Å². The highest BCUT2D eigenvalue weighted by Crippen LogP contribution is 2.25. The van der Waals surface area contributed by atoms with Crippen molar-refractivity contribution in [1.29, 1.82) is 0 Å². The number of para-hydroxylation sites is 2. The van der Waals surface area contributed by atoms with Gasteiger partial charge in [-0.25, -0.2) is 0 Å². The van der Waals surface area contributed by atoms with Crippen LogP contribution in [0.15, 0.2) is 24.3 Å². The molecule has 0 spiro atoms. The molecule has 1 unspecified atom stereocenters. The number of hydrogen-bond acceptors (Lipinski definition) is 3. The summed E-state index contributed by atoms with van der Waals surface area (Å²) < 4.78 is 28.7. The van der Waals surface area contributed by atoms with Gasteiger partial charge in [0.25, 0.3) is 0 Å². The Labute approximate surface area is 110 Å². The molecule has 6 heteroatoms. The van der Waals surface area contributed by atoms with Crippen LogP contribution in [-0.4, -0.2) is 18.6 Å². The van der Waals surface area contributed by atoms with Crippen LogP contribution in [0.2, 0.25) is 0 Å². The first-order valence-corrected chi connectivity index (χ1v) is 6.12. The van der Waals surface area contributed by atoms with Gasteiger partial charge in [0.2, 0.25) is 5.91 Å². The van der Waals surface area contributed by atoms with E-state index in [0.29, 0.717) is 0 Å². The van der Waals surface area contributed by atoms with E-state index >= 15 is 0 Å². The molecule has 1 aromatic carbocycles. The van der Waals surface area contributed by atoms with Gasteiger partial charge in [-0.05, 0) is 18.6 Å². The summed E-state index contributed by atoms with van der Waals surface area (Å²) in [5.41, 5.74) is 5.96. The molecule has 19 heavy (non-hydrogen) atoms. The topological polar surface area (TPSA) is 64.4 Å². The van der Waals surface area contributed by atoms with Crippen LogP contribution >= 0.6 is 0 Å². The lowest BCUT2D eigenvalue weighted by Gasteiger charge is -2.13. The number of amides is 1. The lowest BCUT2D eigenvalue weighted by atomic mass is 10.1. The number of alkyl halides is 2. The Morgan fingerprint density at radius 2 is 2.11 bits per heavy atom. The zero-order chi connectivity index (χ0) is 14.3. The fraction of sp³-hybridized carbons (Fsp3) is 0.462. The summed E-state index contributed by atoms with van der Waals surface area (Å²) in [6, 6.07) is 5.82. The van der Waals surface area contributed by atoms with Crippen molar-refractivity contribution >= 4 is 11.6 Å². The quantitative estimate of drug-likeness (QED) is 0.802. The van der Waals surface area contributed by atoms with E-state index in [0.717, 1.165) is 12.8 Å². The normalized spacial score (nSPS) is 12.3. The number of carbonyl (C=O) groups excluding carboxylic acids is 1. The summed E-state index contributed by atoms with van der Waals surface area (Å²) in [6.07, 6.45) is 1.78. The second-order valence-corrected chi connectivity index (χ2v) is 4.18. The molecule has 1 amide bonds. The fourth-order valence-corrected chi connectivity index (χ4v) is 1.68. The molecule has 0 heterocycles. The van der Waals surface area contributed by atoms with Gasteiger partial charge in [-0.15, -0.1) is 0 Å². The maximum absolute atomic E-state index is 12.2. The van der Waals surface area contributed by atoms with Gasteiger partial charge in [0.1, 0.15) is 5.75 Å². The minimum Gasteiger partial charge on any atom is -0.433 e. The van der Waals surface area contributed by atoms with E-state index < -0.39 is 6.61 Å². The van der Waals surface area contributed by atoms with Crippen molar-refractivity contribution in [2.75, 3.05) is 5.32 Å². The van der Waals surface area contributed by atoms with E-state index in [1.165, 1.54) is 12.1 Å². The minimum atomic E-state index is -2.93. The van der Waals surface area contributed by atoms with Gasteiger partial charge in [0, 0.05) is 12.5 Å². The number of hydrogen-bond donors (Lipinski definition) is 2. The molecule has 0 saturated heterocycles. The van der Waals surface area contributed by atoms with E-state index in [2.05, 4.69) is 10.1 Å². The number of nitrogens with two attached hydrogens (primary N) is 1. The van der Waals surface area contributed by atoms with E-state index in [9.17, 15) is 13.6 Å². The van der Waals surface area contributed by atoms with Gasteiger partial charge >= 0.3 is 6.61 Å². The summed E-state index contributed by atoms with van der Waals surface area (Å²) in [6.45, 7) is -0.954. The monoisotopic (exact) mass is 272 g/mol. The summed E-state index contributed by atoms with van der Waals surface area (Å²) >= 11 is 0. The first-order valence-electron chi connectivity index (χ1n) is 6.12. The molecular formula is C13H18F2N2O2. The Morgan fingerprint density at radius 3 is 2.74 bits per heavy atom. The van der Waals surface area contributed by atoms with Crippen LogP contribution in [0, 0.1) is 0 Å². The average Bonchev–Trinajstić information content (AvgIpc) is 2.31. The molecule has 1 atom stereocenters. The number of benzene rings is 1. The fourth-order valence-electron chi connectivity index (χ4n) is 1.68. The van der Waals surface area contributed by atoms with Crippen LogP contribution < -0.4 is 15.8 Å². The number of halogens is 2. The predicted molar refractivity (Wildman–Crippen MR) is 69.2 cm³/mol. The van der Waals surface area contributed by atoms with E-state index in [4.69, 9.17) is 5.73 Å². The minimum absolute atomic E-state index is 0.0603. The Bertz CT molecular complexity index is 413. The summed E-state index contributed by atoms with van der Waals surface area (Å²) in [7, 11) is 0. The number of rotatable bonds is 7. The SMILES string of the molecule is CCCC(N)CC(=O)Nc1ccccc1OC(F)F. The molecular weight excluding hydrogens is 254 g/mol. The van der Waals surface area contributed by atoms with E-state index in [1.807, 2.05) is 6.92 Å². The predicted octanol–water partition coefficient (Wildman–Crippen LogP) is 2.74. The van der Waals surface area contributed by atoms with Gasteiger partial charge in [-0.1, -0.05) is 25.5 Å². The van der Waals surface area contributed by atoms with E-state index in [-0.39, 0.29) is 29.8 Å². The maximum atomic E-state index is 12.2. The van der Waals surface area contributed by atoms with Crippen LogP contribution in [0.3, 0.4) is 0 Å². The molecule has 0 saturated carbocycles. The van der Waals surface area contributed by atoms with Crippen molar-refractivity contribution in [2.45, 2.75) is 38.8 Å². The molecule has 0 radical (unpaired) electrons. The van der Waals surface area contributed by atoms with Crippen LogP contribution in [-0.2, 0) is 4.79 Å². The van der Waals surface area contributed by atoms with Gasteiger partial charge in [0.15, 0.2) is 0 Å². The third-order valence-electron chi connectivity index (χ3n) is 2.48. The third kappa shape index (κ3) is 5.65. The summed E-state index contributed by atoms with van der Waals surface area (Å²) in [4.78, 5) is 11.7. The zero-order valence-electron chi connectivity index (χ0n) is 10.7. The number of ether oxygens (including phenoxy) is 1. The molecule has 3 N–H and O–H groups in total. The molecule has 0 aromatic heterocycles. The molecule has 4 nitrogen and oxygen atoms in total. The molecule has 0 fully saturated rings. The molecule has 0 aliphatic heterocycles. The average molecular weight is 272 g/mol. The van der Waals surface area contributed by atoms with Gasteiger partial charge in [-0.3, -0.25) is 4.79 Å². The second kappa shape index (κ2) is 7.68. The molecule has 106 valence electrons. The van der Waals surface area contributed by atoms with Crippen LogP contribution in [0.25, 0.3) is 0 Å². The molecule has 0 bridgehead atoms. The van der Waals surface area contributed by atoms with Crippen molar-refractivity contribution < 1.29 is 18.3 Å². The highest BCUT2D eigenvalue weighted by atomic mass is 19.3. The van der Waals surface area contributed by atoms with Crippen molar-refractivity contribution in [3.05, 3.63) is 24.3 Å². The number of nitrogens with one attached hydrogen (secondary N) is 1. The highest BCUT2D eigenvalue weighted by Gasteiger charge is 2.13. The zero-order valence-corrected chi connectivity index (χ0v) is 10.7. The number of carbonyl (C=O) groups is 1. The number of anilines is 1. The highest BCUT2D eigenvalue weighted by molar-refractivity contribution is 5.92. The lowest BCUT2D eigenvalue weighted by Crippen LogP contribution is -2.27. The Balaban J connectivity index is 2.63. The molecule has 0 aliphatic rings. The Morgan fingerprint density at radius 1 is 1.42 bits per heavy atom. The van der Waals surface area contributed by atoms with Gasteiger partial charge in [0.05, 0.1) is 5.69 Å². The molecule has 1 aromatic rings. The third-order valence-corrected chi connectivity index (χ3v) is 2.48. The maximum Gasteiger partial charge on any atom is 0.387 e. The van der Waals surface area contributed by atoms with Crippen LogP contribution in [0.1, 0.15) is 26.2 Å². The van der Waals surface area contributed by atoms with Crippen molar-refractivity contribution in [2.24, 2.45) is 5.73 Å². The Hall–Kier alpha value is -1.69. The Kier molecular flexibility index (Phi) is 6.21. The van der Waals surface area contributed by atoms with Crippen molar-refractivity contribution in [3.63, 3.8) is 0 Å². The van der Waals surface area contributed by atoms with Crippen molar-refractivity contribution in [3.8, 4) is 5.75 Å². The smallest absolute Gasteiger partial charge is 0.387 e. The lowest BCUT2D eigenvalue weighted by molar-refractivity contribution is -0.116. The van der Waals surface area contributed by atoms with Gasteiger partial charge < -0.3 is 15.8 Å². The standard InChI is InChI=1S/C13H18F2N2O2/c1-2-5-9(16)8-12(18)17-10-6-3-4-7-11(10)19-13(14)15/h3-4,6-7,9,13H,2,5,8,16H2,1H3,(H,17,18). The largest absolute Gasteiger partial charge is 0.433 e. The second-order valence-electron chi connectivity index (χ2n) is 4.18. The first-order chi connectivity index (χ1) is 9.02. The van der Waals surface area contributed by atoms with Crippen LogP contribution in [0.4, 0.5) is 14.5 Å². The summed E-state index contributed by atoms with van der Waals surface area (Å²) in [5.74, 6) is -0.374. The molecule has 1 rings (SSSR count). The first kappa shape index (κ1) is 15.4. The molecule has 0 aliphatic carbocycles.